The molecule has 0 aromatic carbocycles. The number of carbonyl (C=O) groups is 1. The van der Waals surface area contributed by atoms with Crippen LogP contribution in [-0.4, -0.2) is 5.91 Å². The Hall–Kier alpha value is -0.240. The van der Waals surface area contributed by atoms with E-state index in [0.29, 0.717) is 0 Å². The second-order valence-electron chi connectivity index (χ2n) is 3.51. The number of hydrogen-bond acceptors (Lipinski definition) is 1. The summed E-state index contributed by atoms with van der Waals surface area (Å²) in [6.07, 6.45) is 7.22. The number of rotatable bonds is 7. The lowest BCUT2D eigenvalue weighted by molar-refractivity contribution is -0.121. The van der Waals surface area contributed by atoms with E-state index in [0.717, 1.165) is 12.8 Å². The molecule has 0 aliphatic rings. The molecule has 0 bridgehead atoms. The Balaban J connectivity index is 0. The van der Waals surface area contributed by atoms with Crippen LogP contribution in [0.3, 0.4) is 0 Å². The molecule has 0 heterocycles. The normalized spacial score (nSPS) is 11.8. The molecular formula is C10H22ClNO. The molecule has 0 spiro atoms. The predicted octanol–water partition coefficient (Wildman–Crippen LogP) is 2.89. The maximum Gasteiger partial charge on any atom is 0.220 e. The zero-order valence-corrected chi connectivity index (χ0v) is 9.53. The quantitative estimate of drug-likeness (QED) is 0.641. The van der Waals surface area contributed by atoms with E-state index in [1.165, 1.54) is 25.7 Å². The number of hydrogen-bond donors (Lipinski definition) is 1. The van der Waals surface area contributed by atoms with Gasteiger partial charge in [0.25, 0.3) is 0 Å². The lowest BCUT2D eigenvalue weighted by Gasteiger charge is -2.05. The van der Waals surface area contributed by atoms with Gasteiger partial charge in [-0.2, -0.15) is 0 Å². The molecule has 80 valence electrons. The fourth-order valence-electron chi connectivity index (χ4n) is 1.20. The fourth-order valence-corrected chi connectivity index (χ4v) is 1.20. The summed E-state index contributed by atoms with van der Waals surface area (Å²) in [6.45, 7) is 4.11. The van der Waals surface area contributed by atoms with Gasteiger partial charge in [0.15, 0.2) is 0 Å². The highest BCUT2D eigenvalue weighted by molar-refractivity contribution is 5.85. The van der Waals surface area contributed by atoms with Crippen LogP contribution in [0.4, 0.5) is 0 Å². The Morgan fingerprint density at radius 3 is 2.23 bits per heavy atom. The van der Waals surface area contributed by atoms with Crippen LogP contribution in [-0.2, 0) is 4.79 Å². The Morgan fingerprint density at radius 1 is 1.23 bits per heavy atom. The number of halogens is 1. The van der Waals surface area contributed by atoms with Crippen molar-refractivity contribution in [2.24, 2.45) is 11.7 Å². The lowest BCUT2D eigenvalue weighted by atomic mass is 10.0. The molecule has 0 aromatic rings. The number of nitrogens with two attached hydrogens (primary N) is 1. The Labute approximate surface area is 87.7 Å². The second-order valence-corrected chi connectivity index (χ2v) is 3.51. The molecule has 0 aliphatic heterocycles. The van der Waals surface area contributed by atoms with Crippen molar-refractivity contribution >= 4 is 18.3 Å². The topological polar surface area (TPSA) is 43.1 Å². The first kappa shape index (κ1) is 15.2. The van der Waals surface area contributed by atoms with Gasteiger partial charge >= 0.3 is 0 Å². The highest BCUT2D eigenvalue weighted by Crippen LogP contribution is 2.10. The molecule has 1 atom stereocenters. The Bertz CT molecular complexity index is 128. The summed E-state index contributed by atoms with van der Waals surface area (Å²) >= 11 is 0. The molecule has 1 amide bonds. The zero-order valence-electron chi connectivity index (χ0n) is 8.71. The van der Waals surface area contributed by atoms with Gasteiger partial charge in [0.2, 0.25) is 5.91 Å². The van der Waals surface area contributed by atoms with Gasteiger partial charge in [-0.15, -0.1) is 12.4 Å². The third-order valence-electron chi connectivity index (χ3n) is 2.23. The summed E-state index contributed by atoms with van der Waals surface area (Å²) in [5.74, 6) is -0.0999. The van der Waals surface area contributed by atoms with Crippen molar-refractivity contribution in [2.75, 3.05) is 0 Å². The van der Waals surface area contributed by atoms with Crippen molar-refractivity contribution in [3.05, 3.63) is 0 Å². The first-order valence-electron chi connectivity index (χ1n) is 4.97. The maximum atomic E-state index is 10.6. The van der Waals surface area contributed by atoms with Gasteiger partial charge in [-0.25, -0.2) is 0 Å². The molecule has 0 saturated heterocycles. The molecule has 0 fully saturated rings. The minimum absolute atomic E-state index is 0. The molecule has 0 aliphatic carbocycles. The molecule has 0 saturated carbocycles. The van der Waals surface area contributed by atoms with Crippen LogP contribution < -0.4 is 5.73 Å². The maximum absolute atomic E-state index is 10.6. The van der Waals surface area contributed by atoms with E-state index in [2.05, 4.69) is 6.92 Å². The van der Waals surface area contributed by atoms with Crippen molar-refractivity contribution < 1.29 is 4.79 Å². The fraction of sp³-hybridized carbons (Fsp3) is 0.900. The lowest BCUT2D eigenvalue weighted by Crippen LogP contribution is -2.20. The van der Waals surface area contributed by atoms with Crippen LogP contribution in [0.5, 0.6) is 0 Å². The average molecular weight is 208 g/mol. The van der Waals surface area contributed by atoms with Crippen molar-refractivity contribution in [1.82, 2.24) is 0 Å². The van der Waals surface area contributed by atoms with Crippen LogP contribution in [0, 0.1) is 5.92 Å². The average Bonchev–Trinajstić information content (AvgIpc) is 2.03. The van der Waals surface area contributed by atoms with Crippen LogP contribution in [0.2, 0.25) is 0 Å². The van der Waals surface area contributed by atoms with E-state index < -0.39 is 0 Å². The van der Waals surface area contributed by atoms with Crippen LogP contribution in [0.15, 0.2) is 0 Å². The van der Waals surface area contributed by atoms with E-state index in [9.17, 15) is 4.79 Å². The van der Waals surface area contributed by atoms with Crippen molar-refractivity contribution in [2.45, 2.75) is 52.4 Å². The van der Waals surface area contributed by atoms with E-state index in [4.69, 9.17) is 5.73 Å². The monoisotopic (exact) mass is 207 g/mol. The van der Waals surface area contributed by atoms with E-state index >= 15 is 0 Å². The Kier molecular flexibility index (Phi) is 11.5. The van der Waals surface area contributed by atoms with Crippen molar-refractivity contribution in [3.63, 3.8) is 0 Å². The van der Waals surface area contributed by atoms with Gasteiger partial charge in [-0.05, 0) is 6.42 Å². The van der Waals surface area contributed by atoms with Gasteiger partial charge in [0.1, 0.15) is 0 Å². The summed E-state index contributed by atoms with van der Waals surface area (Å²) in [6, 6.07) is 0. The highest BCUT2D eigenvalue weighted by atomic mass is 35.5. The molecule has 2 N–H and O–H groups in total. The number of carbonyl (C=O) groups excluding carboxylic acids is 1. The molecule has 2 nitrogen and oxygen atoms in total. The van der Waals surface area contributed by atoms with Crippen molar-refractivity contribution in [3.8, 4) is 0 Å². The van der Waals surface area contributed by atoms with Crippen LogP contribution in [0.1, 0.15) is 52.4 Å². The molecule has 3 heteroatoms. The molecule has 0 rings (SSSR count). The third kappa shape index (κ3) is 9.68. The smallest absolute Gasteiger partial charge is 0.220 e. The second kappa shape index (κ2) is 9.85. The largest absolute Gasteiger partial charge is 0.369 e. The highest BCUT2D eigenvalue weighted by Gasteiger charge is 2.06. The minimum Gasteiger partial charge on any atom is -0.369 e. The predicted molar refractivity (Wildman–Crippen MR) is 59.0 cm³/mol. The molecule has 0 radical (unpaired) electrons. The molecule has 1 unspecified atom stereocenters. The minimum atomic E-state index is -0.162. The molecular weight excluding hydrogens is 186 g/mol. The van der Waals surface area contributed by atoms with E-state index in [1.54, 1.807) is 0 Å². The third-order valence-corrected chi connectivity index (χ3v) is 2.23. The molecule has 13 heavy (non-hydrogen) atoms. The van der Waals surface area contributed by atoms with Gasteiger partial charge in [-0.1, -0.05) is 46.0 Å². The van der Waals surface area contributed by atoms with Gasteiger partial charge in [0.05, 0.1) is 0 Å². The van der Waals surface area contributed by atoms with Gasteiger partial charge < -0.3 is 5.73 Å². The van der Waals surface area contributed by atoms with Gasteiger partial charge in [0, 0.05) is 5.92 Å². The summed E-state index contributed by atoms with van der Waals surface area (Å²) in [4.78, 5) is 10.6. The van der Waals surface area contributed by atoms with Crippen molar-refractivity contribution in [1.29, 1.82) is 0 Å². The summed E-state index contributed by atoms with van der Waals surface area (Å²) in [5.41, 5.74) is 5.14. The summed E-state index contributed by atoms with van der Waals surface area (Å²) < 4.78 is 0. The summed E-state index contributed by atoms with van der Waals surface area (Å²) in [5, 5.41) is 0. The zero-order chi connectivity index (χ0) is 9.40. The number of primary amides is 1. The van der Waals surface area contributed by atoms with Crippen LogP contribution >= 0.6 is 12.4 Å². The first-order chi connectivity index (χ1) is 5.68. The number of amides is 1. The standard InChI is InChI=1S/C10H21NO.ClH/c1-3-4-5-6-7-8-9(2)10(11)12;/h9H,3-8H2,1-2H3,(H2,11,12);1H. The Morgan fingerprint density at radius 2 is 1.77 bits per heavy atom. The van der Waals surface area contributed by atoms with E-state index in [1.807, 2.05) is 6.92 Å². The molecule has 0 aromatic heterocycles. The number of unbranched alkanes of at least 4 members (excludes halogenated alkanes) is 4. The van der Waals surface area contributed by atoms with Gasteiger partial charge in [-0.3, -0.25) is 4.79 Å². The SMILES string of the molecule is CCCCCCCC(C)C(N)=O.Cl. The van der Waals surface area contributed by atoms with E-state index in [-0.39, 0.29) is 24.2 Å². The first-order valence-corrected chi connectivity index (χ1v) is 4.97. The summed E-state index contributed by atoms with van der Waals surface area (Å²) in [7, 11) is 0. The van der Waals surface area contributed by atoms with Crippen LogP contribution in [0.25, 0.3) is 0 Å².